The molecule has 12 heavy (non-hydrogen) atoms. The van der Waals surface area contributed by atoms with Gasteiger partial charge in [-0.05, 0) is 12.3 Å². The minimum atomic E-state index is 0.686. The lowest BCUT2D eigenvalue weighted by molar-refractivity contribution is 0.726. The van der Waals surface area contributed by atoms with Gasteiger partial charge in [-0.15, -0.1) is 0 Å². The van der Waals surface area contributed by atoms with Crippen LogP contribution in [0.1, 0.15) is 26.7 Å². The highest BCUT2D eigenvalue weighted by Gasteiger charge is 2.36. The van der Waals surface area contributed by atoms with Crippen LogP contribution in [0.4, 0.5) is 0 Å². The molecule has 0 spiro atoms. The van der Waals surface area contributed by atoms with Gasteiger partial charge in [0.1, 0.15) is 0 Å². The lowest BCUT2D eigenvalue weighted by Crippen LogP contribution is -2.23. The molecule has 1 N–H and O–H groups in total. The number of nitrogens with zero attached hydrogens (tertiary/aromatic N) is 1. The molecule has 0 radical (unpaired) electrons. The van der Waals surface area contributed by atoms with E-state index < -0.39 is 0 Å². The van der Waals surface area contributed by atoms with E-state index in [1.165, 1.54) is 18.0 Å². The van der Waals surface area contributed by atoms with Crippen molar-refractivity contribution in [1.82, 2.24) is 5.32 Å². The summed E-state index contributed by atoms with van der Waals surface area (Å²) in [5.74, 6) is 0.921. The molecule has 1 fully saturated rings. The van der Waals surface area contributed by atoms with Gasteiger partial charge in [0.2, 0.25) is 0 Å². The van der Waals surface area contributed by atoms with Gasteiger partial charge in [0, 0.05) is 11.3 Å². The molecule has 3 unspecified atom stereocenters. The SMILES string of the molecule is CCC1CC1NC1=NCC(C)S1. The molecule has 1 aliphatic carbocycles. The summed E-state index contributed by atoms with van der Waals surface area (Å²) >= 11 is 1.89. The summed E-state index contributed by atoms with van der Waals surface area (Å²) in [6, 6.07) is 0.742. The van der Waals surface area contributed by atoms with Crippen molar-refractivity contribution >= 4 is 16.9 Å². The molecular weight excluding hydrogens is 168 g/mol. The summed E-state index contributed by atoms with van der Waals surface area (Å²) < 4.78 is 0. The minimum Gasteiger partial charge on any atom is -0.362 e. The minimum absolute atomic E-state index is 0.686. The van der Waals surface area contributed by atoms with Crippen LogP contribution in [0.2, 0.25) is 0 Å². The fourth-order valence-corrected chi connectivity index (χ4v) is 2.49. The molecule has 2 rings (SSSR count). The maximum Gasteiger partial charge on any atom is 0.157 e. The summed E-state index contributed by atoms with van der Waals surface area (Å²) in [5, 5.41) is 5.37. The largest absolute Gasteiger partial charge is 0.362 e. The van der Waals surface area contributed by atoms with E-state index in [1.807, 2.05) is 11.8 Å². The van der Waals surface area contributed by atoms with Gasteiger partial charge in [-0.2, -0.15) is 0 Å². The molecule has 0 aromatic carbocycles. The zero-order chi connectivity index (χ0) is 8.55. The highest BCUT2D eigenvalue weighted by Crippen LogP contribution is 2.34. The maximum atomic E-state index is 4.43. The van der Waals surface area contributed by atoms with Gasteiger partial charge in [0.15, 0.2) is 5.17 Å². The Labute approximate surface area is 78.2 Å². The second-order valence-corrected chi connectivity index (χ2v) is 5.16. The molecule has 0 bridgehead atoms. The molecule has 3 atom stereocenters. The van der Waals surface area contributed by atoms with Crippen LogP contribution in [0, 0.1) is 5.92 Å². The summed E-state index contributed by atoms with van der Waals surface area (Å²) in [6.07, 6.45) is 2.66. The Morgan fingerprint density at radius 3 is 3.00 bits per heavy atom. The van der Waals surface area contributed by atoms with E-state index in [4.69, 9.17) is 0 Å². The van der Waals surface area contributed by atoms with Crippen LogP contribution in [-0.2, 0) is 0 Å². The first-order chi connectivity index (χ1) is 5.79. The van der Waals surface area contributed by atoms with E-state index in [0.29, 0.717) is 5.25 Å². The number of thioether (sulfide) groups is 1. The van der Waals surface area contributed by atoms with Crippen LogP contribution in [0.15, 0.2) is 4.99 Å². The average molecular weight is 184 g/mol. The Balaban J connectivity index is 1.75. The van der Waals surface area contributed by atoms with Crippen LogP contribution in [0.5, 0.6) is 0 Å². The third kappa shape index (κ3) is 1.76. The summed E-state index contributed by atoms with van der Waals surface area (Å²) in [4.78, 5) is 4.43. The molecule has 0 saturated heterocycles. The van der Waals surface area contributed by atoms with Crippen LogP contribution in [0.25, 0.3) is 0 Å². The Bertz CT molecular complexity index is 203. The highest BCUT2D eigenvalue weighted by atomic mass is 32.2. The van der Waals surface area contributed by atoms with Crippen molar-refractivity contribution in [1.29, 1.82) is 0 Å². The smallest absolute Gasteiger partial charge is 0.157 e. The normalized spacial score (nSPS) is 39.5. The van der Waals surface area contributed by atoms with Crippen molar-refractivity contribution in [2.45, 2.75) is 38.0 Å². The van der Waals surface area contributed by atoms with E-state index >= 15 is 0 Å². The van der Waals surface area contributed by atoms with Crippen molar-refractivity contribution in [3.8, 4) is 0 Å². The molecule has 2 nitrogen and oxygen atoms in total. The van der Waals surface area contributed by atoms with Gasteiger partial charge in [-0.1, -0.05) is 32.0 Å². The maximum absolute atomic E-state index is 4.43. The first-order valence-electron chi connectivity index (χ1n) is 4.77. The molecular formula is C9H16N2S. The van der Waals surface area contributed by atoms with Crippen molar-refractivity contribution in [2.24, 2.45) is 10.9 Å². The molecule has 68 valence electrons. The number of aliphatic imine (C=N–C) groups is 1. The van der Waals surface area contributed by atoms with Gasteiger partial charge in [-0.25, -0.2) is 0 Å². The second-order valence-electron chi connectivity index (χ2n) is 3.73. The first-order valence-corrected chi connectivity index (χ1v) is 5.65. The van der Waals surface area contributed by atoms with Crippen LogP contribution in [-0.4, -0.2) is 23.0 Å². The van der Waals surface area contributed by atoms with Crippen LogP contribution in [0.3, 0.4) is 0 Å². The molecule has 0 aromatic heterocycles. The average Bonchev–Trinajstić information content (AvgIpc) is 2.67. The molecule has 0 amide bonds. The second kappa shape index (κ2) is 3.29. The van der Waals surface area contributed by atoms with Gasteiger partial charge >= 0.3 is 0 Å². The first kappa shape index (κ1) is 8.42. The van der Waals surface area contributed by atoms with E-state index in [2.05, 4.69) is 24.2 Å². The zero-order valence-corrected chi connectivity index (χ0v) is 8.53. The van der Waals surface area contributed by atoms with Crippen molar-refractivity contribution < 1.29 is 0 Å². The Morgan fingerprint density at radius 2 is 2.50 bits per heavy atom. The van der Waals surface area contributed by atoms with E-state index in [-0.39, 0.29) is 0 Å². The predicted octanol–water partition coefficient (Wildman–Crippen LogP) is 1.87. The molecule has 2 aliphatic rings. The highest BCUT2D eigenvalue weighted by molar-refractivity contribution is 8.14. The van der Waals surface area contributed by atoms with Gasteiger partial charge < -0.3 is 5.32 Å². The lowest BCUT2D eigenvalue weighted by atomic mass is 10.3. The summed E-state index contributed by atoms with van der Waals surface area (Å²) in [7, 11) is 0. The third-order valence-corrected chi connectivity index (χ3v) is 3.58. The van der Waals surface area contributed by atoms with Crippen molar-refractivity contribution in [3.05, 3.63) is 0 Å². The summed E-state index contributed by atoms with van der Waals surface area (Å²) in [5.41, 5.74) is 0. The molecule has 0 aromatic rings. The van der Waals surface area contributed by atoms with Crippen molar-refractivity contribution in [3.63, 3.8) is 0 Å². The molecule has 3 heteroatoms. The fraction of sp³-hybridized carbons (Fsp3) is 0.889. The quantitative estimate of drug-likeness (QED) is 0.708. The summed E-state index contributed by atoms with van der Waals surface area (Å²) in [6.45, 7) is 5.49. The number of rotatable bonds is 2. The number of amidine groups is 1. The number of nitrogens with one attached hydrogen (secondary N) is 1. The molecule has 1 saturated carbocycles. The van der Waals surface area contributed by atoms with Crippen LogP contribution < -0.4 is 5.32 Å². The van der Waals surface area contributed by atoms with Crippen LogP contribution >= 0.6 is 11.8 Å². The number of hydrogen-bond donors (Lipinski definition) is 1. The number of hydrogen-bond acceptors (Lipinski definition) is 3. The topological polar surface area (TPSA) is 24.4 Å². The fourth-order valence-electron chi connectivity index (χ4n) is 1.59. The Hall–Kier alpha value is -0.180. The van der Waals surface area contributed by atoms with E-state index in [0.717, 1.165) is 18.5 Å². The van der Waals surface area contributed by atoms with Gasteiger partial charge in [-0.3, -0.25) is 4.99 Å². The Morgan fingerprint density at radius 1 is 1.67 bits per heavy atom. The standard InChI is InChI=1S/C9H16N2S/c1-3-7-4-8(7)11-9-10-5-6(2)12-9/h6-8H,3-5H2,1-2H3,(H,10,11). The third-order valence-electron chi connectivity index (χ3n) is 2.56. The lowest BCUT2D eigenvalue weighted by Gasteiger charge is -2.03. The van der Waals surface area contributed by atoms with E-state index in [1.54, 1.807) is 0 Å². The zero-order valence-electron chi connectivity index (χ0n) is 7.71. The Kier molecular flexibility index (Phi) is 2.31. The van der Waals surface area contributed by atoms with Gasteiger partial charge in [0.25, 0.3) is 0 Å². The van der Waals surface area contributed by atoms with E-state index in [9.17, 15) is 0 Å². The van der Waals surface area contributed by atoms with Crippen molar-refractivity contribution in [2.75, 3.05) is 6.54 Å². The molecule has 1 heterocycles. The monoisotopic (exact) mass is 184 g/mol. The van der Waals surface area contributed by atoms with Gasteiger partial charge in [0.05, 0.1) is 6.54 Å². The predicted molar refractivity (Wildman–Crippen MR) is 54.7 cm³/mol. The molecule has 1 aliphatic heterocycles.